The standard InChI is InChI=1S/C17H21N5O3/c18-16(23)13-4-1-3-12(7-13)8-19-17(24)21-14-9-20-22(10-14)11-15-5-2-6-25-15/h1,3-4,7,9-10,15H,2,5-6,8,11H2,(H2,18,23)(H2,19,21,24). The lowest BCUT2D eigenvalue weighted by Gasteiger charge is -2.09. The lowest BCUT2D eigenvalue weighted by atomic mass is 10.1. The van der Waals surface area contributed by atoms with E-state index in [1.54, 1.807) is 35.3 Å². The van der Waals surface area contributed by atoms with Gasteiger partial charge in [-0.05, 0) is 30.5 Å². The Kier molecular flexibility index (Phi) is 5.30. The molecule has 1 aromatic heterocycles. The molecule has 2 heterocycles. The molecule has 1 aliphatic rings. The first-order valence-electron chi connectivity index (χ1n) is 8.18. The summed E-state index contributed by atoms with van der Waals surface area (Å²) in [6.45, 7) is 1.77. The normalized spacial score (nSPS) is 16.6. The largest absolute Gasteiger partial charge is 0.376 e. The van der Waals surface area contributed by atoms with Gasteiger partial charge < -0.3 is 21.1 Å². The predicted molar refractivity (Wildman–Crippen MR) is 92.0 cm³/mol. The van der Waals surface area contributed by atoms with Gasteiger partial charge in [-0.15, -0.1) is 0 Å². The molecule has 0 radical (unpaired) electrons. The smallest absolute Gasteiger partial charge is 0.319 e. The highest BCUT2D eigenvalue weighted by atomic mass is 16.5. The summed E-state index contributed by atoms with van der Waals surface area (Å²) >= 11 is 0. The summed E-state index contributed by atoms with van der Waals surface area (Å²) in [4.78, 5) is 23.1. The van der Waals surface area contributed by atoms with Gasteiger partial charge in [0.05, 0.1) is 24.5 Å². The van der Waals surface area contributed by atoms with Crippen molar-refractivity contribution in [1.29, 1.82) is 0 Å². The maximum Gasteiger partial charge on any atom is 0.319 e. The van der Waals surface area contributed by atoms with Gasteiger partial charge in [0.25, 0.3) is 0 Å². The number of rotatable bonds is 6. The highest BCUT2D eigenvalue weighted by molar-refractivity contribution is 5.93. The van der Waals surface area contributed by atoms with E-state index in [2.05, 4.69) is 15.7 Å². The van der Waals surface area contributed by atoms with Crippen LogP contribution in [0.15, 0.2) is 36.7 Å². The number of amides is 3. The number of ether oxygens (including phenoxy) is 1. The van der Waals surface area contributed by atoms with Gasteiger partial charge in [-0.3, -0.25) is 9.48 Å². The molecular weight excluding hydrogens is 322 g/mol. The van der Waals surface area contributed by atoms with Crippen LogP contribution in [0.25, 0.3) is 0 Å². The van der Waals surface area contributed by atoms with Crippen molar-refractivity contribution in [3.8, 4) is 0 Å². The molecule has 1 atom stereocenters. The van der Waals surface area contributed by atoms with Gasteiger partial charge in [-0.1, -0.05) is 12.1 Å². The second-order valence-electron chi connectivity index (χ2n) is 5.96. The second kappa shape index (κ2) is 7.80. The molecule has 1 aliphatic heterocycles. The topological polar surface area (TPSA) is 111 Å². The number of carbonyl (C=O) groups is 2. The van der Waals surface area contributed by atoms with Crippen molar-refractivity contribution in [2.75, 3.05) is 11.9 Å². The Morgan fingerprint density at radius 1 is 1.40 bits per heavy atom. The Labute approximate surface area is 145 Å². The number of carbonyl (C=O) groups excluding carboxylic acids is 2. The number of nitrogens with two attached hydrogens (primary N) is 1. The van der Waals surface area contributed by atoms with Crippen molar-refractivity contribution in [2.45, 2.75) is 32.0 Å². The van der Waals surface area contributed by atoms with Crippen LogP contribution in [-0.2, 0) is 17.8 Å². The Hall–Kier alpha value is -2.87. The minimum atomic E-state index is -0.495. The fourth-order valence-electron chi connectivity index (χ4n) is 2.72. The Bertz CT molecular complexity index is 752. The molecule has 0 bridgehead atoms. The molecule has 3 rings (SSSR count). The number of anilines is 1. The molecule has 1 fully saturated rings. The molecule has 0 spiro atoms. The van der Waals surface area contributed by atoms with E-state index in [-0.39, 0.29) is 18.7 Å². The monoisotopic (exact) mass is 343 g/mol. The molecule has 0 aliphatic carbocycles. The van der Waals surface area contributed by atoms with Crippen LogP contribution in [0.5, 0.6) is 0 Å². The van der Waals surface area contributed by atoms with Crippen LogP contribution in [-0.4, -0.2) is 34.4 Å². The average molecular weight is 343 g/mol. The maximum atomic E-state index is 12.0. The number of urea groups is 1. The molecule has 1 aromatic carbocycles. The van der Waals surface area contributed by atoms with E-state index in [4.69, 9.17) is 10.5 Å². The Morgan fingerprint density at radius 2 is 2.28 bits per heavy atom. The van der Waals surface area contributed by atoms with Gasteiger partial charge in [0.2, 0.25) is 5.91 Å². The molecule has 2 aromatic rings. The second-order valence-corrected chi connectivity index (χ2v) is 5.96. The van der Waals surface area contributed by atoms with E-state index in [9.17, 15) is 9.59 Å². The van der Waals surface area contributed by atoms with Gasteiger partial charge in [-0.2, -0.15) is 5.10 Å². The number of nitrogens with one attached hydrogen (secondary N) is 2. The van der Waals surface area contributed by atoms with Gasteiger partial charge >= 0.3 is 6.03 Å². The van der Waals surface area contributed by atoms with E-state index in [0.717, 1.165) is 25.0 Å². The minimum Gasteiger partial charge on any atom is -0.376 e. The number of hydrogen-bond acceptors (Lipinski definition) is 4. The van der Waals surface area contributed by atoms with E-state index in [0.29, 0.717) is 17.8 Å². The van der Waals surface area contributed by atoms with Gasteiger partial charge in [0.15, 0.2) is 0 Å². The Balaban J connectivity index is 1.48. The van der Waals surface area contributed by atoms with Crippen LogP contribution < -0.4 is 16.4 Å². The van der Waals surface area contributed by atoms with E-state index >= 15 is 0 Å². The van der Waals surface area contributed by atoms with Crippen molar-refractivity contribution >= 4 is 17.6 Å². The summed E-state index contributed by atoms with van der Waals surface area (Å²) in [6, 6.07) is 6.48. The molecule has 4 N–H and O–H groups in total. The third-order valence-corrected chi connectivity index (χ3v) is 3.97. The first-order chi connectivity index (χ1) is 12.1. The Morgan fingerprint density at radius 3 is 3.04 bits per heavy atom. The average Bonchev–Trinajstić information content (AvgIpc) is 3.26. The van der Waals surface area contributed by atoms with Gasteiger partial charge in [0.1, 0.15) is 0 Å². The molecule has 1 unspecified atom stereocenters. The third kappa shape index (κ3) is 4.80. The van der Waals surface area contributed by atoms with Gasteiger partial charge in [0, 0.05) is 24.9 Å². The molecule has 0 saturated carbocycles. The number of aromatic nitrogens is 2. The predicted octanol–water partition coefficient (Wildman–Crippen LogP) is 1.48. The lowest BCUT2D eigenvalue weighted by molar-refractivity contribution is 0.0940. The summed E-state index contributed by atoms with van der Waals surface area (Å²) in [6.07, 6.45) is 5.68. The summed E-state index contributed by atoms with van der Waals surface area (Å²) in [5, 5.41) is 9.69. The van der Waals surface area contributed by atoms with Crippen LogP contribution in [0.2, 0.25) is 0 Å². The fraction of sp³-hybridized carbons (Fsp3) is 0.353. The van der Waals surface area contributed by atoms with Crippen LogP contribution in [0.1, 0.15) is 28.8 Å². The minimum absolute atomic E-state index is 0.194. The van der Waals surface area contributed by atoms with E-state index < -0.39 is 5.91 Å². The summed E-state index contributed by atoms with van der Waals surface area (Å²) in [5.41, 5.74) is 7.06. The summed E-state index contributed by atoms with van der Waals surface area (Å²) in [7, 11) is 0. The van der Waals surface area contributed by atoms with Crippen LogP contribution in [0.3, 0.4) is 0 Å². The van der Waals surface area contributed by atoms with Crippen molar-refractivity contribution in [3.63, 3.8) is 0 Å². The summed E-state index contributed by atoms with van der Waals surface area (Å²) < 4.78 is 7.33. The maximum absolute atomic E-state index is 12.0. The number of nitrogens with zero attached hydrogens (tertiary/aromatic N) is 2. The van der Waals surface area contributed by atoms with E-state index in [1.165, 1.54) is 0 Å². The summed E-state index contributed by atoms with van der Waals surface area (Å²) in [5.74, 6) is -0.495. The number of primary amides is 1. The van der Waals surface area contributed by atoms with Crippen molar-refractivity contribution in [3.05, 3.63) is 47.8 Å². The van der Waals surface area contributed by atoms with Crippen LogP contribution >= 0.6 is 0 Å². The first-order valence-corrected chi connectivity index (χ1v) is 8.18. The van der Waals surface area contributed by atoms with Crippen LogP contribution in [0, 0.1) is 0 Å². The van der Waals surface area contributed by atoms with Crippen LogP contribution in [0.4, 0.5) is 10.5 Å². The lowest BCUT2D eigenvalue weighted by Crippen LogP contribution is -2.28. The zero-order chi connectivity index (χ0) is 17.6. The number of benzene rings is 1. The molecule has 8 nitrogen and oxygen atoms in total. The SMILES string of the molecule is NC(=O)c1cccc(CNC(=O)Nc2cnn(CC3CCCO3)c2)c1. The zero-order valence-corrected chi connectivity index (χ0v) is 13.8. The fourth-order valence-corrected chi connectivity index (χ4v) is 2.72. The molecule has 1 saturated heterocycles. The number of hydrogen-bond donors (Lipinski definition) is 3. The molecule has 132 valence electrons. The van der Waals surface area contributed by atoms with Gasteiger partial charge in [-0.25, -0.2) is 4.79 Å². The first kappa shape index (κ1) is 17.0. The zero-order valence-electron chi connectivity index (χ0n) is 13.8. The van der Waals surface area contributed by atoms with Crippen molar-refractivity contribution < 1.29 is 14.3 Å². The highest BCUT2D eigenvalue weighted by Gasteiger charge is 2.16. The van der Waals surface area contributed by atoms with E-state index in [1.807, 2.05) is 6.07 Å². The van der Waals surface area contributed by atoms with Crippen molar-refractivity contribution in [1.82, 2.24) is 15.1 Å². The molecular formula is C17H21N5O3. The molecule has 8 heteroatoms. The molecule has 3 amide bonds. The third-order valence-electron chi connectivity index (χ3n) is 3.97. The highest BCUT2D eigenvalue weighted by Crippen LogP contribution is 2.15. The molecule has 25 heavy (non-hydrogen) atoms. The quantitative estimate of drug-likeness (QED) is 0.737. The van der Waals surface area contributed by atoms with Crippen molar-refractivity contribution in [2.24, 2.45) is 5.73 Å².